The predicted octanol–water partition coefficient (Wildman–Crippen LogP) is 2.95. The Morgan fingerprint density at radius 2 is 1.83 bits per heavy atom. The van der Waals surface area contributed by atoms with E-state index in [1.807, 2.05) is 43.8 Å². The van der Waals surface area contributed by atoms with Gasteiger partial charge in [-0.15, -0.1) is 0 Å². The fraction of sp³-hybridized carbons (Fsp3) is 0.478. The second-order valence-corrected chi connectivity index (χ2v) is 7.34. The van der Waals surface area contributed by atoms with Gasteiger partial charge in [0.25, 0.3) is 5.91 Å². The van der Waals surface area contributed by atoms with Crippen LogP contribution in [0.2, 0.25) is 0 Å². The molecule has 0 saturated carbocycles. The van der Waals surface area contributed by atoms with Gasteiger partial charge in [-0.25, -0.2) is 0 Å². The highest BCUT2D eigenvalue weighted by Crippen LogP contribution is 2.16. The summed E-state index contributed by atoms with van der Waals surface area (Å²) in [5.74, 6) is 0.423. The van der Waals surface area contributed by atoms with E-state index in [0.29, 0.717) is 31.0 Å². The number of amides is 2. The van der Waals surface area contributed by atoms with Crippen LogP contribution in [0.5, 0.6) is 5.75 Å². The summed E-state index contributed by atoms with van der Waals surface area (Å²) in [6, 6.07) is 10.8. The molecule has 2 amide bonds. The maximum atomic E-state index is 13.2. The van der Waals surface area contributed by atoms with Crippen LogP contribution in [-0.2, 0) is 23.1 Å². The van der Waals surface area contributed by atoms with Crippen molar-refractivity contribution < 1.29 is 19.1 Å². The molecule has 1 heterocycles. The van der Waals surface area contributed by atoms with E-state index in [1.165, 1.54) is 0 Å². The molecule has 0 fully saturated rings. The second-order valence-electron chi connectivity index (χ2n) is 7.34. The van der Waals surface area contributed by atoms with E-state index in [4.69, 9.17) is 9.47 Å². The fourth-order valence-corrected chi connectivity index (χ4v) is 3.14. The number of carbonyl (C=O) groups excluding carboxylic acids is 2. The first-order chi connectivity index (χ1) is 14.4. The van der Waals surface area contributed by atoms with Crippen molar-refractivity contribution >= 4 is 11.8 Å². The molecule has 7 heteroatoms. The topological polar surface area (TPSA) is 64.0 Å². The number of hydrogen-bond donors (Lipinski definition) is 0. The molecule has 0 aliphatic carbocycles. The van der Waals surface area contributed by atoms with E-state index in [9.17, 15) is 9.59 Å². The Balaban J connectivity index is 2.19. The molecule has 0 bridgehead atoms. The van der Waals surface area contributed by atoms with Crippen LogP contribution in [-0.4, -0.2) is 66.1 Å². The lowest BCUT2D eigenvalue weighted by Crippen LogP contribution is -2.47. The number of aryl methyl sites for hydroxylation is 1. The molecule has 1 unspecified atom stereocenters. The predicted molar refractivity (Wildman–Crippen MR) is 116 cm³/mol. The van der Waals surface area contributed by atoms with Crippen LogP contribution in [0.3, 0.4) is 0 Å². The zero-order chi connectivity index (χ0) is 22.1. The largest absolute Gasteiger partial charge is 0.497 e. The third-order valence-corrected chi connectivity index (χ3v) is 5.35. The summed E-state index contributed by atoms with van der Waals surface area (Å²) < 4.78 is 12.4. The lowest BCUT2D eigenvalue weighted by molar-refractivity contribution is -0.133. The molecule has 1 atom stereocenters. The number of rotatable bonds is 11. The minimum absolute atomic E-state index is 0.0218. The minimum atomic E-state index is -0.161. The van der Waals surface area contributed by atoms with Crippen LogP contribution in [0.4, 0.5) is 0 Å². The second kappa shape index (κ2) is 11.4. The Morgan fingerprint density at radius 1 is 1.13 bits per heavy atom. The van der Waals surface area contributed by atoms with Crippen molar-refractivity contribution in [2.24, 2.45) is 7.05 Å². The summed E-state index contributed by atoms with van der Waals surface area (Å²) in [7, 11) is 5.15. The van der Waals surface area contributed by atoms with Gasteiger partial charge in [0.15, 0.2) is 0 Å². The van der Waals surface area contributed by atoms with Crippen LogP contribution in [0.25, 0.3) is 0 Å². The Labute approximate surface area is 179 Å². The Bertz CT molecular complexity index is 816. The highest BCUT2D eigenvalue weighted by Gasteiger charge is 2.26. The third-order valence-electron chi connectivity index (χ3n) is 5.35. The van der Waals surface area contributed by atoms with Gasteiger partial charge >= 0.3 is 0 Å². The molecule has 164 valence electrons. The quantitative estimate of drug-likeness (QED) is 0.566. The first-order valence-electron chi connectivity index (χ1n) is 10.2. The average Bonchev–Trinajstić information content (AvgIpc) is 3.18. The zero-order valence-corrected chi connectivity index (χ0v) is 18.6. The molecule has 2 aromatic rings. The van der Waals surface area contributed by atoms with Crippen molar-refractivity contribution in [1.29, 1.82) is 0 Å². The van der Waals surface area contributed by atoms with E-state index in [2.05, 4.69) is 0 Å². The van der Waals surface area contributed by atoms with Crippen molar-refractivity contribution in [3.63, 3.8) is 0 Å². The monoisotopic (exact) mass is 415 g/mol. The van der Waals surface area contributed by atoms with Crippen LogP contribution < -0.4 is 4.74 Å². The van der Waals surface area contributed by atoms with Crippen LogP contribution in [0.15, 0.2) is 42.6 Å². The van der Waals surface area contributed by atoms with Gasteiger partial charge in [-0.2, -0.15) is 0 Å². The first-order valence-corrected chi connectivity index (χ1v) is 10.2. The maximum Gasteiger partial charge on any atom is 0.254 e. The van der Waals surface area contributed by atoms with E-state index in [0.717, 1.165) is 12.1 Å². The van der Waals surface area contributed by atoms with E-state index >= 15 is 0 Å². The molecule has 30 heavy (non-hydrogen) atoms. The molecule has 0 aliphatic rings. The maximum absolute atomic E-state index is 13.2. The summed E-state index contributed by atoms with van der Waals surface area (Å²) >= 11 is 0. The molecule has 2 rings (SSSR count). The van der Waals surface area contributed by atoms with Crippen molar-refractivity contribution in [2.75, 3.05) is 33.9 Å². The third kappa shape index (κ3) is 6.10. The summed E-state index contributed by atoms with van der Waals surface area (Å²) in [4.78, 5) is 29.8. The number of benzene rings is 1. The number of ether oxygens (including phenoxy) is 2. The lowest BCUT2D eigenvalue weighted by Gasteiger charge is -2.31. The van der Waals surface area contributed by atoms with Crippen LogP contribution >= 0.6 is 0 Å². The summed E-state index contributed by atoms with van der Waals surface area (Å²) in [6.07, 6.45) is 2.71. The molecule has 0 aliphatic heterocycles. The van der Waals surface area contributed by atoms with E-state index in [-0.39, 0.29) is 24.4 Å². The highest BCUT2D eigenvalue weighted by molar-refractivity contribution is 5.96. The lowest BCUT2D eigenvalue weighted by atomic mass is 10.1. The molecule has 0 N–H and O–H groups in total. The highest BCUT2D eigenvalue weighted by atomic mass is 16.5. The van der Waals surface area contributed by atoms with Gasteiger partial charge in [-0.1, -0.05) is 6.92 Å². The van der Waals surface area contributed by atoms with Gasteiger partial charge in [0, 0.05) is 44.2 Å². The standard InChI is InChI=1S/C23H33N3O4/c1-6-18(2)26(23(28)19-9-11-21(30-5)12-10-19)17-22(27)25(14-15-29-4)16-20-8-7-13-24(20)3/h7-13,18H,6,14-17H2,1-5H3. The zero-order valence-electron chi connectivity index (χ0n) is 18.6. The van der Waals surface area contributed by atoms with E-state index < -0.39 is 0 Å². The molecule has 0 saturated heterocycles. The number of methoxy groups -OCH3 is 2. The molecule has 0 radical (unpaired) electrons. The summed E-state index contributed by atoms with van der Waals surface area (Å²) in [5, 5.41) is 0. The van der Waals surface area contributed by atoms with E-state index in [1.54, 1.807) is 48.3 Å². The molecule has 1 aromatic heterocycles. The number of nitrogens with zero attached hydrogens (tertiary/aromatic N) is 3. The Morgan fingerprint density at radius 3 is 2.37 bits per heavy atom. The first kappa shape index (κ1) is 23.5. The number of aromatic nitrogens is 1. The number of carbonyl (C=O) groups is 2. The van der Waals surface area contributed by atoms with Gasteiger partial charge in [-0.3, -0.25) is 9.59 Å². The average molecular weight is 416 g/mol. The van der Waals surface area contributed by atoms with Crippen molar-refractivity contribution in [1.82, 2.24) is 14.4 Å². The van der Waals surface area contributed by atoms with Gasteiger partial charge < -0.3 is 23.8 Å². The van der Waals surface area contributed by atoms with Gasteiger partial charge in [0.1, 0.15) is 12.3 Å². The Kier molecular flexibility index (Phi) is 8.92. The minimum Gasteiger partial charge on any atom is -0.497 e. The molecule has 1 aromatic carbocycles. The summed E-state index contributed by atoms with van der Waals surface area (Å²) in [5.41, 5.74) is 1.56. The fourth-order valence-electron chi connectivity index (χ4n) is 3.14. The van der Waals surface area contributed by atoms with Crippen LogP contribution in [0.1, 0.15) is 36.3 Å². The number of hydrogen-bond acceptors (Lipinski definition) is 4. The van der Waals surface area contributed by atoms with Crippen molar-refractivity contribution in [2.45, 2.75) is 32.9 Å². The Hall–Kier alpha value is -2.80. The normalized spacial score (nSPS) is 11.8. The van der Waals surface area contributed by atoms with Gasteiger partial charge in [0.05, 0.1) is 20.3 Å². The summed E-state index contributed by atoms with van der Waals surface area (Å²) in [6.45, 7) is 5.36. The molecule has 0 spiro atoms. The molecule has 7 nitrogen and oxygen atoms in total. The SMILES string of the molecule is CCC(C)N(CC(=O)N(CCOC)Cc1cccn1C)C(=O)c1ccc(OC)cc1. The van der Waals surface area contributed by atoms with Gasteiger partial charge in [0.2, 0.25) is 5.91 Å². The van der Waals surface area contributed by atoms with Crippen molar-refractivity contribution in [3.05, 3.63) is 53.9 Å². The molecular weight excluding hydrogens is 382 g/mol. The van der Waals surface area contributed by atoms with Crippen molar-refractivity contribution in [3.8, 4) is 5.75 Å². The van der Waals surface area contributed by atoms with Crippen LogP contribution in [0, 0.1) is 0 Å². The molecular formula is C23H33N3O4. The smallest absolute Gasteiger partial charge is 0.254 e. The van der Waals surface area contributed by atoms with Gasteiger partial charge in [-0.05, 0) is 49.7 Å².